The number of rotatable bonds is 9. The predicted octanol–water partition coefficient (Wildman–Crippen LogP) is 17.3. The van der Waals surface area contributed by atoms with Crippen LogP contribution in [0.4, 0.5) is 17.1 Å². The van der Waals surface area contributed by atoms with E-state index in [-0.39, 0.29) is 0 Å². The molecule has 0 radical (unpaired) electrons. The van der Waals surface area contributed by atoms with Gasteiger partial charge in [0, 0.05) is 16.9 Å². The maximum absolute atomic E-state index is 2.49. The molecule has 0 unspecified atom stereocenters. The highest BCUT2D eigenvalue weighted by molar-refractivity contribution is 6.00. The van der Waals surface area contributed by atoms with E-state index in [0.717, 1.165) is 28.2 Å². The third kappa shape index (κ3) is 6.56. The minimum atomic E-state index is -0.531. The Bertz CT molecular complexity index is 3490. The van der Waals surface area contributed by atoms with Gasteiger partial charge < -0.3 is 4.90 Å². The molecule has 0 aromatic heterocycles. The molecule has 0 spiro atoms. The van der Waals surface area contributed by atoms with E-state index in [9.17, 15) is 0 Å². The Hall–Kier alpha value is -8.52. The molecule has 1 aliphatic carbocycles. The van der Waals surface area contributed by atoms with E-state index in [1.807, 2.05) is 0 Å². The normalized spacial score (nSPS) is 12.4. The van der Waals surface area contributed by atoms with Crippen LogP contribution in [0, 0.1) is 0 Å². The van der Waals surface area contributed by atoms with Crippen molar-refractivity contribution in [2.24, 2.45) is 0 Å². The Morgan fingerprint density at radius 2 is 0.712 bits per heavy atom. The number of benzene rings is 11. The lowest BCUT2D eigenvalue weighted by atomic mass is 9.68. The van der Waals surface area contributed by atoms with Crippen LogP contribution >= 0.6 is 0 Å². The summed E-state index contributed by atoms with van der Waals surface area (Å²) in [5.74, 6) is 0. The van der Waals surface area contributed by atoms with Crippen LogP contribution in [0.3, 0.4) is 0 Å². The van der Waals surface area contributed by atoms with Gasteiger partial charge in [0.05, 0.1) is 11.1 Å². The summed E-state index contributed by atoms with van der Waals surface area (Å²) in [6.07, 6.45) is 0. The molecule has 1 aliphatic rings. The topological polar surface area (TPSA) is 3.24 Å². The first-order valence-corrected chi connectivity index (χ1v) is 22.8. The quantitative estimate of drug-likeness (QED) is 0.140. The van der Waals surface area contributed by atoms with E-state index >= 15 is 0 Å². The highest BCUT2D eigenvalue weighted by Gasteiger charge is 2.47. The number of anilines is 3. The van der Waals surface area contributed by atoms with Gasteiger partial charge in [0.1, 0.15) is 0 Å². The number of hydrogen-bond acceptors (Lipinski definition) is 1. The van der Waals surface area contributed by atoms with Gasteiger partial charge in [-0.05, 0) is 119 Å². The number of fused-ring (bicyclic) bond motifs is 4. The van der Waals surface area contributed by atoms with E-state index in [0.29, 0.717) is 0 Å². The molecule has 0 heterocycles. The first-order chi connectivity index (χ1) is 32.8. The highest BCUT2D eigenvalue weighted by Crippen LogP contribution is 2.59. The SMILES string of the molecule is c1ccc(-c2ccccc2-c2cccc(N(c3cccc(-c4cccc(-c5cccc6ccccc56)c4)c3)c3cccc4c3-c3ccccc3C4(c3ccccc3)c3ccccc3)c2)cc1. The van der Waals surface area contributed by atoms with Crippen LogP contribution in [0.25, 0.3) is 66.4 Å². The molecule has 0 saturated carbocycles. The average molecular weight is 840 g/mol. The Morgan fingerprint density at radius 1 is 0.273 bits per heavy atom. The van der Waals surface area contributed by atoms with E-state index in [1.165, 1.54) is 77.5 Å². The minimum Gasteiger partial charge on any atom is -0.310 e. The fourth-order valence-electron chi connectivity index (χ4n) is 10.7. The summed E-state index contributed by atoms with van der Waals surface area (Å²) < 4.78 is 0. The summed E-state index contributed by atoms with van der Waals surface area (Å²) >= 11 is 0. The minimum absolute atomic E-state index is 0.531. The summed E-state index contributed by atoms with van der Waals surface area (Å²) in [7, 11) is 0. The summed E-state index contributed by atoms with van der Waals surface area (Å²) in [4.78, 5) is 2.49. The second kappa shape index (κ2) is 16.6. The molecule has 12 rings (SSSR count). The molecule has 0 aliphatic heterocycles. The lowest BCUT2D eigenvalue weighted by Gasteiger charge is -2.34. The summed E-state index contributed by atoms with van der Waals surface area (Å²) in [6.45, 7) is 0. The fourth-order valence-corrected chi connectivity index (χ4v) is 10.7. The molecular formula is C65H45N. The highest BCUT2D eigenvalue weighted by atomic mass is 15.1. The second-order valence-corrected chi connectivity index (χ2v) is 17.2. The Morgan fingerprint density at radius 3 is 1.42 bits per heavy atom. The number of nitrogens with zero attached hydrogens (tertiary/aromatic N) is 1. The van der Waals surface area contributed by atoms with Crippen molar-refractivity contribution < 1.29 is 0 Å². The Labute approximate surface area is 387 Å². The van der Waals surface area contributed by atoms with Crippen LogP contribution in [0.2, 0.25) is 0 Å². The van der Waals surface area contributed by atoms with Crippen molar-refractivity contribution in [3.8, 4) is 55.6 Å². The molecule has 0 fully saturated rings. The van der Waals surface area contributed by atoms with Crippen molar-refractivity contribution >= 4 is 27.8 Å². The summed E-state index contributed by atoms with van der Waals surface area (Å²) in [6, 6.07) is 100. The molecule has 0 bridgehead atoms. The third-order valence-corrected chi connectivity index (χ3v) is 13.5. The standard InChI is InChI=1S/C65H45N/c1-4-21-46(22-5-1)56-36-12-13-37-58(56)51-28-18-34-55(45-51)66(54-33-17-26-49(44-54)48-25-16-27-50(43-48)59-39-19-24-47-23-10-11-35-57(47)59)63-42-20-41-62-64(63)60-38-14-15-40-61(60)65(62,52-29-6-2-7-30-52)53-31-8-3-9-32-53/h1-45H. The molecule has 11 aromatic carbocycles. The average Bonchev–Trinajstić information content (AvgIpc) is 3.71. The van der Waals surface area contributed by atoms with Crippen LogP contribution in [0.5, 0.6) is 0 Å². The first kappa shape index (κ1) is 39.1. The molecule has 1 nitrogen and oxygen atoms in total. The van der Waals surface area contributed by atoms with Gasteiger partial charge in [0.15, 0.2) is 0 Å². The van der Waals surface area contributed by atoms with Crippen molar-refractivity contribution in [2.45, 2.75) is 5.41 Å². The lowest BCUT2D eigenvalue weighted by Crippen LogP contribution is -2.28. The number of hydrogen-bond donors (Lipinski definition) is 0. The Balaban J connectivity index is 1.09. The van der Waals surface area contributed by atoms with Gasteiger partial charge in [-0.25, -0.2) is 0 Å². The van der Waals surface area contributed by atoms with Crippen LogP contribution in [0.15, 0.2) is 273 Å². The predicted molar refractivity (Wildman–Crippen MR) is 278 cm³/mol. The van der Waals surface area contributed by atoms with Crippen LogP contribution < -0.4 is 4.90 Å². The molecule has 11 aromatic rings. The van der Waals surface area contributed by atoms with Crippen LogP contribution in [0.1, 0.15) is 22.3 Å². The summed E-state index contributed by atoms with van der Waals surface area (Å²) in [5.41, 5.74) is 19.8. The Kier molecular flexibility index (Phi) is 9.81. The first-order valence-electron chi connectivity index (χ1n) is 22.8. The molecule has 66 heavy (non-hydrogen) atoms. The molecule has 310 valence electrons. The smallest absolute Gasteiger partial charge is 0.0714 e. The molecule has 0 saturated heterocycles. The summed E-state index contributed by atoms with van der Waals surface area (Å²) in [5, 5.41) is 2.50. The van der Waals surface area contributed by atoms with Gasteiger partial charge >= 0.3 is 0 Å². The monoisotopic (exact) mass is 839 g/mol. The van der Waals surface area contributed by atoms with E-state index in [1.54, 1.807) is 0 Å². The molecular weight excluding hydrogens is 795 g/mol. The van der Waals surface area contributed by atoms with Gasteiger partial charge in [-0.15, -0.1) is 0 Å². The molecule has 0 amide bonds. The molecule has 0 atom stereocenters. The van der Waals surface area contributed by atoms with Gasteiger partial charge in [-0.3, -0.25) is 0 Å². The fraction of sp³-hybridized carbons (Fsp3) is 0.0154. The maximum Gasteiger partial charge on any atom is 0.0714 e. The zero-order valence-corrected chi connectivity index (χ0v) is 36.4. The third-order valence-electron chi connectivity index (χ3n) is 13.5. The van der Waals surface area contributed by atoms with E-state index in [2.05, 4.69) is 278 Å². The van der Waals surface area contributed by atoms with Gasteiger partial charge in [0.2, 0.25) is 0 Å². The van der Waals surface area contributed by atoms with Gasteiger partial charge in [-0.2, -0.15) is 0 Å². The largest absolute Gasteiger partial charge is 0.310 e. The zero-order chi connectivity index (χ0) is 43.9. The van der Waals surface area contributed by atoms with Crippen LogP contribution in [-0.4, -0.2) is 0 Å². The molecule has 1 heteroatoms. The van der Waals surface area contributed by atoms with E-state index in [4.69, 9.17) is 0 Å². The van der Waals surface area contributed by atoms with Crippen molar-refractivity contribution in [3.63, 3.8) is 0 Å². The van der Waals surface area contributed by atoms with Crippen molar-refractivity contribution in [1.29, 1.82) is 0 Å². The second-order valence-electron chi connectivity index (χ2n) is 17.2. The van der Waals surface area contributed by atoms with Gasteiger partial charge in [0.25, 0.3) is 0 Å². The van der Waals surface area contributed by atoms with E-state index < -0.39 is 5.41 Å². The van der Waals surface area contributed by atoms with Gasteiger partial charge in [-0.1, -0.05) is 237 Å². The zero-order valence-electron chi connectivity index (χ0n) is 36.4. The lowest BCUT2D eigenvalue weighted by molar-refractivity contribution is 0.768. The molecule has 0 N–H and O–H groups in total. The maximum atomic E-state index is 2.49. The van der Waals surface area contributed by atoms with Crippen molar-refractivity contribution in [2.75, 3.05) is 4.90 Å². The van der Waals surface area contributed by atoms with Crippen molar-refractivity contribution in [3.05, 3.63) is 295 Å². The van der Waals surface area contributed by atoms with Crippen molar-refractivity contribution in [1.82, 2.24) is 0 Å². The van der Waals surface area contributed by atoms with Crippen LogP contribution in [-0.2, 0) is 5.41 Å².